The van der Waals surface area contributed by atoms with Gasteiger partial charge in [-0.2, -0.15) is 0 Å². The van der Waals surface area contributed by atoms with Crippen molar-refractivity contribution in [3.63, 3.8) is 0 Å². The number of aromatic nitrogens is 5. The second-order valence-corrected chi connectivity index (χ2v) is 8.19. The first kappa shape index (κ1) is 23.7. The number of nitrogens with two attached hydrogens (primary N) is 1. The van der Waals surface area contributed by atoms with Crippen LogP contribution in [0.5, 0.6) is 0 Å². The number of aromatic amines is 3. The van der Waals surface area contributed by atoms with Gasteiger partial charge in [-0.05, 0) is 11.6 Å². The molecule has 3 heterocycles. The van der Waals surface area contributed by atoms with Gasteiger partial charge >= 0.3 is 5.97 Å². The van der Waals surface area contributed by atoms with Gasteiger partial charge < -0.3 is 36.4 Å². The largest absolute Gasteiger partial charge is 0.480 e. The molecule has 1 aromatic carbocycles. The molecule has 0 radical (unpaired) electrons. The minimum absolute atomic E-state index is 0.00810. The van der Waals surface area contributed by atoms with Crippen LogP contribution >= 0.6 is 0 Å². The van der Waals surface area contributed by atoms with Gasteiger partial charge in [0.25, 0.3) is 0 Å². The van der Waals surface area contributed by atoms with Crippen LogP contribution in [0.3, 0.4) is 0 Å². The number of fused-ring (bicyclic) bond motifs is 1. The van der Waals surface area contributed by atoms with Crippen molar-refractivity contribution in [2.24, 2.45) is 5.73 Å². The zero-order valence-corrected chi connectivity index (χ0v) is 18.7. The number of amides is 2. The summed E-state index contributed by atoms with van der Waals surface area (Å²) < 4.78 is 0. The van der Waals surface area contributed by atoms with Crippen LogP contribution in [-0.2, 0) is 33.6 Å². The van der Waals surface area contributed by atoms with Gasteiger partial charge in [0.1, 0.15) is 12.1 Å². The van der Waals surface area contributed by atoms with Crippen molar-refractivity contribution in [2.75, 3.05) is 0 Å². The Kier molecular flexibility index (Phi) is 7.21. The Labute approximate surface area is 199 Å². The summed E-state index contributed by atoms with van der Waals surface area (Å²) >= 11 is 0. The van der Waals surface area contributed by atoms with Crippen LogP contribution in [0.1, 0.15) is 17.0 Å². The Morgan fingerprint density at radius 1 is 0.886 bits per heavy atom. The Bertz CT molecular complexity index is 1280. The highest BCUT2D eigenvalue weighted by molar-refractivity contribution is 5.93. The maximum absolute atomic E-state index is 13.2. The first-order valence-electron chi connectivity index (χ1n) is 11.0. The summed E-state index contributed by atoms with van der Waals surface area (Å²) in [5.74, 6) is -2.38. The van der Waals surface area contributed by atoms with Crippen LogP contribution in [0.15, 0.2) is 55.5 Å². The molecule has 0 aliphatic heterocycles. The van der Waals surface area contributed by atoms with E-state index >= 15 is 0 Å². The highest BCUT2D eigenvalue weighted by atomic mass is 16.4. The molecule has 3 aromatic heterocycles. The van der Waals surface area contributed by atoms with Gasteiger partial charge in [-0.15, -0.1) is 0 Å². The zero-order chi connectivity index (χ0) is 24.8. The fraction of sp³-hybridized carbons (Fsp3) is 0.261. The molecule has 35 heavy (non-hydrogen) atoms. The molecular weight excluding hydrogens is 452 g/mol. The first-order valence-corrected chi connectivity index (χ1v) is 11.0. The lowest BCUT2D eigenvalue weighted by Crippen LogP contribution is -2.55. The van der Waals surface area contributed by atoms with Gasteiger partial charge in [0.05, 0.1) is 18.7 Å². The lowest BCUT2D eigenvalue weighted by Gasteiger charge is -2.22. The number of carbonyl (C=O) groups is 3. The SMILES string of the molecule is N[C@@H](Cc1cnc[nH]1)C(=O)N[C@@H](Cc1c[nH]c2ccccc12)C(=O)N[C@@H](Cc1cnc[nH]1)C(=O)O. The molecule has 3 atom stereocenters. The van der Waals surface area contributed by atoms with Gasteiger partial charge in [0, 0.05) is 60.1 Å². The quantitative estimate of drug-likeness (QED) is 0.158. The van der Waals surface area contributed by atoms with Crippen LogP contribution in [0.4, 0.5) is 0 Å². The zero-order valence-electron chi connectivity index (χ0n) is 18.7. The van der Waals surface area contributed by atoms with E-state index in [9.17, 15) is 19.5 Å². The lowest BCUT2D eigenvalue weighted by atomic mass is 10.0. The van der Waals surface area contributed by atoms with Gasteiger partial charge in [0.2, 0.25) is 11.8 Å². The molecule has 0 unspecified atom stereocenters. The minimum Gasteiger partial charge on any atom is -0.480 e. The number of H-pyrrole nitrogens is 3. The molecule has 0 spiro atoms. The third-order valence-corrected chi connectivity index (χ3v) is 5.66. The Balaban J connectivity index is 1.52. The third kappa shape index (κ3) is 5.92. The van der Waals surface area contributed by atoms with Crippen molar-refractivity contribution in [1.82, 2.24) is 35.6 Å². The summed E-state index contributed by atoms with van der Waals surface area (Å²) in [6.45, 7) is 0. The summed E-state index contributed by atoms with van der Waals surface area (Å²) in [5, 5.41) is 15.8. The van der Waals surface area contributed by atoms with Crippen molar-refractivity contribution < 1.29 is 19.5 Å². The standard InChI is InChI=1S/C23H26N8O4/c24-17(6-14-9-25-11-28-14)21(32)30-19(5-13-8-27-18-4-2-1-3-16(13)18)22(33)31-20(23(34)35)7-15-10-26-12-29-15/h1-4,8-12,17,19-20,27H,5-7,24H2,(H,25,28)(H,26,29)(H,30,32)(H,31,33)(H,34,35)/t17-,19-,20-/m0/s1. The molecule has 0 aliphatic rings. The van der Waals surface area contributed by atoms with E-state index < -0.39 is 35.9 Å². The Morgan fingerprint density at radius 2 is 1.54 bits per heavy atom. The maximum atomic E-state index is 13.2. The number of imidazole rings is 2. The van der Waals surface area contributed by atoms with E-state index in [0.29, 0.717) is 11.4 Å². The summed E-state index contributed by atoms with van der Waals surface area (Å²) in [7, 11) is 0. The van der Waals surface area contributed by atoms with Crippen molar-refractivity contribution in [1.29, 1.82) is 0 Å². The number of rotatable bonds is 11. The number of carbonyl (C=O) groups excluding carboxylic acids is 2. The average molecular weight is 479 g/mol. The topological polar surface area (TPSA) is 195 Å². The molecule has 0 saturated heterocycles. The molecular formula is C23H26N8O4. The summed E-state index contributed by atoms with van der Waals surface area (Å²) in [4.78, 5) is 54.6. The summed E-state index contributed by atoms with van der Waals surface area (Å²) in [5.41, 5.74) is 8.96. The molecule has 0 fully saturated rings. The molecule has 4 rings (SSSR count). The first-order chi connectivity index (χ1) is 16.9. The number of carboxylic acid groups (broad SMARTS) is 1. The van der Waals surface area contributed by atoms with Crippen LogP contribution in [0.25, 0.3) is 10.9 Å². The van der Waals surface area contributed by atoms with Gasteiger partial charge in [-0.3, -0.25) is 9.59 Å². The van der Waals surface area contributed by atoms with Gasteiger partial charge in [-0.25, -0.2) is 14.8 Å². The molecule has 0 saturated carbocycles. The average Bonchev–Trinajstić information content (AvgIpc) is 3.61. The number of hydrogen-bond donors (Lipinski definition) is 7. The lowest BCUT2D eigenvalue weighted by molar-refractivity contribution is -0.142. The second-order valence-electron chi connectivity index (χ2n) is 8.19. The van der Waals surface area contributed by atoms with Gasteiger partial charge in [-0.1, -0.05) is 18.2 Å². The highest BCUT2D eigenvalue weighted by Crippen LogP contribution is 2.19. The minimum atomic E-state index is -1.22. The predicted octanol–water partition coefficient (Wildman–Crippen LogP) is 0.0235. The Morgan fingerprint density at radius 3 is 2.20 bits per heavy atom. The number of aliphatic carboxylic acids is 1. The van der Waals surface area contributed by atoms with E-state index in [4.69, 9.17) is 5.73 Å². The smallest absolute Gasteiger partial charge is 0.326 e. The second kappa shape index (κ2) is 10.7. The van der Waals surface area contributed by atoms with E-state index in [0.717, 1.165) is 16.5 Å². The van der Waals surface area contributed by atoms with Crippen LogP contribution in [0.2, 0.25) is 0 Å². The number of hydrogen-bond acceptors (Lipinski definition) is 6. The number of benzene rings is 1. The molecule has 0 aliphatic carbocycles. The molecule has 0 bridgehead atoms. The number of nitrogens with zero attached hydrogens (tertiary/aromatic N) is 2. The van der Waals surface area contributed by atoms with E-state index in [1.165, 1.54) is 18.9 Å². The van der Waals surface area contributed by atoms with E-state index in [-0.39, 0.29) is 19.3 Å². The molecule has 2 amide bonds. The van der Waals surface area contributed by atoms with Crippen molar-refractivity contribution in [3.8, 4) is 0 Å². The van der Waals surface area contributed by atoms with Crippen molar-refractivity contribution in [2.45, 2.75) is 37.4 Å². The van der Waals surface area contributed by atoms with E-state index in [2.05, 4.69) is 35.6 Å². The maximum Gasteiger partial charge on any atom is 0.326 e. The predicted molar refractivity (Wildman–Crippen MR) is 126 cm³/mol. The van der Waals surface area contributed by atoms with Crippen LogP contribution in [-0.4, -0.2) is 65.9 Å². The van der Waals surface area contributed by atoms with Gasteiger partial charge in [0.15, 0.2) is 0 Å². The number of nitrogens with one attached hydrogen (secondary N) is 5. The van der Waals surface area contributed by atoms with E-state index in [1.54, 1.807) is 12.4 Å². The Hall–Kier alpha value is -4.45. The summed E-state index contributed by atoms with van der Waals surface area (Å²) in [6.07, 6.45) is 8.07. The van der Waals surface area contributed by atoms with Crippen LogP contribution in [0, 0.1) is 0 Å². The van der Waals surface area contributed by atoms with E-state index in [1.807, 2.05) is 24.3 Å². The number of carboxylic acids is 1. The molecule has 12 nitrogen and oxygen atoms in total. The monoisotopic (exact) mass is 478 g/mol. The normalized spacial score (nSPS) is 13.7. The van der Waals surface area contributed by atoms with Crippen molar-refractivity contribution in [3.05, 3.63) is 72.5 Å². The third-order valence-electron chi connectivity index (χ3n) is 5.66. The van der Waals surface area contributed by atoms with Crippen LogP contribution < -0.4 is 16.4 Å². The number of para-hydroxylation sites is 1. The van der Waals surface area contributed by atoms with Crippen molar-refractivity contribution >= 4 is 28.7 Å². The summed E-state index contributed by atoms with van der Waals surface area (Å²) in [6, 6.07) is 4.35. The highest BCUT2D eigenvalue weighted by Gasteiger charge is 2.29. The fourth-order valence-electron chi connectivity index (χ4n) is 3.82. The molecule has 182 valence electrons. The molecule has 12 heteroatoms. The molecule has 4 aromatic rings. The molecule has 8 N–H and O–H groups in total. The fourth-order valence-corrected chi connectivity index (χ4v) is 3.82.